The molecule has 1 aromatic rings. The number of carbonyl (C=O) groups is 2. The molecule has 2 aliphatic carbocycles. The van der Waals surface area contributed by atoms with Crippen molar-refractivity contribution in [1.82, 2.24) is 10.2 Å². The Balaban J connectivity index is 1.32. The van der Waals surface area contributed by atoms with Gasteiger partial charge in [0, 0.05) is 18.7 Å². The van der Waals surface area contributed by atoms with Crippen LogP contribution < -0.4 is 5.32 Å². The Morgan fingerprint density at radius 2 is 1.88 bits per heavy atom. The maximum absolute atomic E-state index is 12.8. The molecule has 1 N–H and O–H groups in total. The van der Waals surface area contributed by atoms with Gasteiger partial charge in [-0.1, -0.05) is 24.6 Å². The van der Waals surface area contributed by atoms with Crippen LogP contribution in [0.2, 0.25) is 0 Å². The molecule has 2 bridgehead atoms. The van der Waals surface area contributed by atoms with Crippen LogP contribution in [-0.2, 0) is 4.79 Å². The summed E-state index contributed by atoms with van der Waals surface area (Å²) in [5, 5.41) is 3.14. The number of hydrogen-bond acceptors (Lipinski definition) is 2. The van der Waals surface area contributed by atoms with E-state index in [1.165, 1.54) is 25.7 Å². The van der Waals surface area contributed by atoms with Crippen molar-refractivity contribution in [3.05, 3.63) is 35.9 Å². The quantitative estimate of drug-likeness (QED) is 0.878. The number of rotatable bonds is 5. The first-order valence-corrected chi connectivity index (χ1v) is 10.4. The molecule has 4 atom stereocenters. The Morgan fingerprint density at radius 1 is 1.04 bits per heavy atom. The summed E-state index contributed by atoms with van der Waals surface area (Å²) in [5.41, 5.74) is 0.675. The van der Waals surface area contributed by atoms with Crippen molar-refractivity contribution in [3.63, 3.8) is 0 Å². The number of amides is 2. The van der Waals surface area contributed by atoms with Gasteiger partial charge >= 0.3 is 0 Å². The van der Waals surface area contributed by atoms with Gasteiger partial charge in [-0.05, 0) is 74.8 Å². The minimum Gasteiger partial charge on any atom is -0.354 e. The zero-order chi connectivity index (χ0) is 17.9. The molecule has 4 heteroatoms. The SMILES string of the molecule is O=C(NCCC1CC2CCC1C2)C1CCCCN1C(=O)c1ccccc1. The molecule has 1 heterocycles. The number of carbonyl (C=O) groups excluding carboxylic acids is 2. The third-order valence-electron chi connectivity index (χ3n) is 6.79. The summed E-state index contributed by atoms with van der Waals surface area (Å²) in [4.78, 5) is 27.4. The highest BCUT2D eigenvalue weighted by Gasteiger charge is 2.39. The Labute approximate surface area is 156 Å². The molecule has 3 aliphatic rings. The summed E-state index contributed by atoms with van der Waals surface area (Å²) in [6, 6.07) is 9.02. The third-order valence-corrected chi connectivity index (χ3v) is 6.79. The van der Waals surface area contributed by atoms with Crippen molar-refractivity contribution in [2.24, 2.45) is 17.8 Å². The van der Waals surface area contributed by atoms with Crippen LogP contribution in [0.25, 0.3) is 0 Å². The fraction of sp³-hybridized carbons (Fsp3) is 0.636. The van der Waals surface area contributed by atoms with Crippen molar-refractivity contribution in [2.45, 2.75) is 57.4 Å². The van der Waals surface area contributed by atoms with Gasteiger partial charge in [0.2, 0.25) is 5.91 Å². The van der Waals surface area contributed by atoms with Gasteiger partial charge in [-0.2, -0.15) is 0 Å². The van der Waals surface area contributed by atoms with Gasteiger partial charge in [-0.15, -0.1) is 0 Å². The van der Waals surface area contributed by atoms with Gasteiger partial charge in [0.1, 0.15) is 6.04 Å². The molecule has 4 unspecified atom stereocenters. The summed E-state index contributed by atoms with van der Waals surface area (Å²) in [7, 11) is 0. The second-order valence-electron chi connectivity index (χ2n) is 8.39. The van der Waals surface area contributed by atoms with Crippen LogP contribution in [0.5, 0.6) is 0 Å². The van der Waals surface area contributed by atoms with E-state index in [-0.39, 0.29) is 17.9 Å². The number of nitrogens with one attached hydrogen (secondary N) is 1. The lowest BCUT2D eigenvalue weighted by molar-refractivity contribution is -0.126. The molecule has 4 nitrogen and oxygen atoms in total. The number of benzene rings is 1. The predicted octanol–water partition coefficient (Wildman–Crippen LogP) is 3.62. The lowest BCUT2D eigenvalue weighted by Crippen LogP contribution is -2.52. The van der Waals surface area contributed by atoms with Crippen molar-refractivity contribution < 1.29 is 9.59 Å². The molecular formula is C22H30N2O2. The number of hydrogen-bond donors (Lipinski definition) is 1. The van der Waals surface area contributed by atoms with Crippen molar-refractivity contribution >= 4 is 11.8 Å². The highest BCUT2D eigenvalue weighted by atomic mass is 16.2. The minimum absolute atomic E-state index is 0.0152. The van der Waals surface area contributed by atoms with Crippen LogP contribution in [0.15, 0.2) is 30.3 Å². The maximum Gasteiger partial charge on any atom is 0.254 e. The largest absolute Gasteiger partial charge is 0.354 e. The smallest absolute Gasteiger partial charge is 0.254 e. The zero-order valence-electron chi connectivity index (χ0n) is 15.5. The highest BCUT2D eigenvalue weighted by molar-refractivity contribution is 5.97. The molecule has 4 rings (SSSR count). The van der Waals surface area contributed by atoms with E-state index in [1.807, 2.05) is 30.3 Å². The number of fused-ring (bicyclic) bond motifs is 2. The van der Waals surface area contributed by atoms with E-state index in [0.29, 0.717) is 12.1 Å². The topological polar surface area (TPSA) is 49.4 Å². The van der Waals surface area contributed by atoms with Crippen LogP contribution in [-0.4, -0.2) is 35.8 Å². The van der Waals surface area contributed by atoms with E-state index in [0.717, 1.165) is 50.0 Å². The minimum atomic E-state index is -0.309. The molecule has 1 aromatic carbocycles. The van der Waals surface area contributed by atoms with Crippen LogP contribution >= 0.6 is 0 Å². The average Bonchev–Trinajstić information content (AvgIpc) is 3.31. The first kappa shape index (κ1) is 17.6. The van der Waals surface area contributed by atoms with Crippen molar-refractivity contribution in [3.8, 4) is 0 Å². The average molecular weight is 354 g/mol. The summed E-state index contributed by atoms with van der Waals surface area (Å²) in [5.74, 6) is 2.69. The van der Waals surface area contributed by atoms with E-state index in [1.54, 1.807) is 4.90 Å². The highest BCUT2D eigenvalue weighted by Crippen LogP contribution is 2.49. The molecule has 26 heavy (non-hydrogen) atoms. The molecular weight excluding hydrogens is 324 g/mol. The van der Waals surface area contributed by atoms with Crippen molar-refractivity contribution in [2.75, 3.05) is 13.1 Å². The molecule has 140 valence electrons. The molecule has 2 saturated carbocycles. The summed E-state index contributed by atoms with van der Waals surface area (Å²) < 4.78 is 0. The van der Waals surface area contributed by atoms with Crippen LogP contribution in [0.4, 0.5) is 0 Å². The Hall–Kier alpha value is -1.84. The number of likely N-dealkylation sites (tertiary alicyclic amines) is 1. The van der Waals surface area contributed by atoms with Gasteiger partial charge in [0.05, 0.1) is 0 Å². The first-order valence-electron chi connectivity index (χ1n) is 10.4. The number of piperidine rings is 1. The van der Waals surface area contributed by atoms with E-state index in [4.69, 9.17) is 0 Å². The standard InChI is InChI=1S/C22H30N2O2/c25-21(23-12-11-19-15-16-9-10-18(19)14-16)20-8-4-5-13-24(20)22(26)17-6-2-1-3-7-17/h1-3,6-7,16,18-20H,4-5,8-15H2,(H,23,25). The molecule has 0 aromatic heterocycles. The monoisotopic (exact) mass is 354 g/mol. The summed E-state index contributed by atoms with van der Waals surface area (Å²) >= 11 is 0. The molecule has 3 fully saturated rings. The van der Waals surface area contributed by atoms with Crippen LogP contribution in [0.3, 0.4) is 0 Å². The zero-order valence-corrected chi connectivity index (χ0v) is 15.5. The van der Waals surface area contributed by atoms with Gasteiger partial charge in [0.25, 0.3) is 5.91 Å². The molecule has 0 spiro atoms. The van der Waals surface area contributed by atoms with E-state index in [9.17, 15) is 9.59 Å². The molecule has 0 radical (unpaired) electrons. The predicted molar refractivity (Wildman–Crippen MR) is 102 cm³/mol. The van der Waals surface area contributed by atoms with Crippen LogP contribution in [0.1, 0.15) is 61.7 Å². The summed E-state index contributed by atoms with van der Waals surface area (Å²) in [6.45, 7) is 1.44. The van der Waals surface area contributed by atoms with Gasteiger partial charge in [-0.25, -0.2) is 0 Å². The lowest BCUT2D eigenvalue weighted by Gasteiger charge is -2.35. The van der Waals surface area contributed by atoms with Gasteiger partial charge < -0.3 is 10.2 Å². The van der Waals surface area contributed by atoms with Crippen LogP contribution in [0, 0.1) is 17.8 Å². The number of nitrogens with zero attached hydrogens (tertiary/aromatic N) is 1. The third kappa shape index (κ3) is 3.65. The molecule has 1 aliphatic heterocycles. The second-order valence-corrected chi connectivity index (χ2v) is 8.39. The Kier molecular flexibility index (Phi) is 5.28. The lowest BCUT2D eigenvalue weighted by atomic mass is 9.86. The fourth-order valence-corrected chi connectivity index (χ4v) is 5.42. The van der Waals surface area contributed by atoms with Gasteiger partial charge in [0.15, 0.2) is 0 Å². The van der Waals surface area contributed by atoms with E-state index in [2.05, 4.69) is 5.32 Å². The maximum atomic E-state index is 12.8. The van der Waals surface area contributed by atoms with Crippen molar-refractivity contribution in [1.29, 1.82) is 0 Å². The second kappa shape index (κ2) is 7.81. The summed E-state index contributed by atoms with van der Waals surface area (Å²) in [6.07, 6.45) is 9.47. The first-order chi connectivity index (χ1) is 12.7. The Bertz CT molecular complexity index is 645. The van der Waals surface area contributed by atoms with Gasteiger partial charge in [-0.3, -0.25) is 9.59 Å². The normalized spacial score (nSPS) is 30.4. The molecule has 2 amide bonds. The van der Waals surface area contributed by atoms with E-state index < -0.39 is 0 Å². The Morgan fingerprint density at radius 3 is 2.62 bits per heavy atom. The van der Waals surface area contributed by atoms with E-state index >= 15 is 0 Å². The molecule has 1 saturated heterocycles. The fourth-order valence-electron chi connectivity index (χ4n) is 5.42.